The monoisotopic (exact) mass is 394 g/mol. The molecule has 1 amide bonds. The summed E-state index contributed by atoms with van der Waals surface area (Å²) in [5, 5.41) is 3.95. The maximum atomic E-state index is 13.8. The second kappa shape index (κ2) is 8.11. The molecule has 1 aliphatic rings. The van der Waals surface area contributed by atoms with Crippen LogP contribution in [-0.4, -0.2) is 39.0 Å². The molecule has 3 heterocycles. The van der Waals surface area contributed by atoms with Gasteiger partial charge >= 0.3 is 0 Å². The summed E-state index contributed by atoms with van der Waals surface area (Å²) in [6.45, 7) is 5.10. The van der Waals surface area contributed by atoms with Crippen molar-refractivity contribution in [1.82, 2.24) is 20.0 Å². The van der Waals surface area contributed by atoms with Gasteiger partial charge in [-0.25, -0.2) is 4.39 Å². The summed E-state index contributed by atoms with van der Waals surface area (Å²) in [7, 11) is 0. The smallest absolute Gasteiger partial charge is 0.227 e. The van der Waals surface area contributed by atoms with E-state index in [-0.39, 0.29) is 18.1 Å². The molecule has 1 aromatic carbocycles. The lowest BCUT2D eigenvalue weighted by Gasteiger charge is -2.17. The molecule has 0 unspecified atom stereocenters. The Morgan fingerprint density at radius 3 is 2.76 bits per heavy atom. The van der Waals surface area contributed by atoms with E-state index in [1.807, 2.05) is 18.7 Å². The third kappa shape index (κ3) is 4.18. The summed E-state index contributed by atoms with van der Waals surface area (Å²) >= 11 is 0. The molecule has 0 bridgehead atoms. The maximum Gasteiger partial charge on any atom is 0.227 e. The van der Waals surface area contributed by atoms with Crippen molar-refractivity contribution in [2.75, 3.05) is 13.1 Å². The minimum atomic E-state index is -0.328. The zero-order chi connectivity index (χ0) is 20.4. The first-order chi connectivity index (χ1) is 14.0. The van der Waals surface area contributed by atoms with Gasteiger partial charge in [0.2, 0.25) is 5.91 Å². The van der Waals surface area contributed by atoms with Gasteiger partial charge in [0.1, 0.15) is 11.6 Å². The van der Waals surface area contributed by atoms with Crippen LogP contribution in [0.5, 0.6) is 0 Å². The number of aromatic nitrogens is 3. The van der Waals surface area contributed by atoms with Gasteiger partial charge in [-0.05, 0) is 44.2 Å². The predicted octanol–water partition coefficient (Wildman–Crippen LogP) is 3.52. The standard InChI is InChI=1S/C22H23FN4O2/c1-14-22(15(2)29-26-14)20-12-24-18(11-25-20)9-16-7-8-27(13-16)21(28)10-17-5-3-4-6-19(17)23/h3-6,11-12,16H,7-10,13H2,1-2H3/t16-/m1/s1. The van der Waals surface area contributed by atoms with Gasteiger partial charge in [0.25, 0.3) is 0 Å². The largest absolute Gasteiger partial charge is 0.361 e. The Bertz CT molecular complexity index is 996. The molecule has 150 valence electrons. The highest BCUT2D eigenvalue weighted by atomic mass is 19.1. The predicted molar refractivity (Wildman–Crippen MR) is 105 cm³/mol. The number of hydrogen-bond acceptors (Lipinski definition) is 5. The van der Waals surface area contributed by atoms with Gasteiger partial charge in [0.05, 0.1) is 35.3 Å². The van der Waals surface area contributed by atoms with E-state index in [2.05, 4.69) is 15.1 Å². The highest BCUT2D eigenvalue weighted by molar-refractivity contribution is 5.79. The second-order valence-electron chi connectivity index (χ2n) is 7.56. The number of nitrogens with zero attached hydrogens (tertiary/aromatic N) is 4. The quantitative estimate of drug-likeness (QED) is 0.662. The normalized spacial score (nSPS) is 16.4. The summed E-state index contributed by atoms with van der Waals surface area (Å²) < 4.78 is 19.0. The Morgan fingerprint density at radius 1 is 1.24 bits per heavy atom. The average Bonchev–Trinajstić information content (AvgIpc) is 3.31. The number of rotatable bonds is 5. The molecular formula is C22H23FN4O2. The lowest BCUT2D eigenvalue weighted by Crippen LogP contribution is -2.30. The average molecular weight is 394 g/mol. The van der Waals surface area contributed by atoms with Crippen LogP contribution in [0, 0.1) is 25.6 Å². The van der Waals surface area contributed by atoms with E-state index in [0.29, 0.717) is 24.6 Å². The van der Waals surface area contributed by atoms with E-state index < -0.39 is 0 Å². The Kier molecular flexibility index (Phi) is 5.38. The topological polar surface area (TPSA) is 72.1 Å². The van der Waals surface area contributed by atoms with Crippen LogP contribution in [0.4, 0.5) is 4.39 Å². The van der Waals surface area contributed by atoms with E-state index in [9.17, 15) is 9.18 Å². The molecule has 0 N–H and O–H groups in total. The van der Waals surface area contributed by atoms with Crippen LogP contribution >= 0.6 is 0 Å². The molecule has 7 heteroatoms. The van der Waals surface area contributed by atoms with Crippen LogP contribution in [0.2, 0.25) is 0 Å². The summed E-state index contributed by atoms with van der Waals surface area (Å²) in [4.78, 5) is 23.4. The van der Waals surface area contributed by atoms with Crippen molar-refractivity contribution in [1.29, 1.82) is 0 Å². The Balaban J connectivity index is 1.35. The fraction of sp³-hybridized carbons (Fsp3) is 0.364. The highest BCUT2D eigenvalue weighted by Crippen LogP contribution is 2.25. The zero-order valence-corrected chi connectivity index (χ0v) is 16.6. The molecule has 0 aliphatic carbocycles. The Labute approximate surface area is 168 Å². The summed E-state index contributed by atoms with van der Waals surface area (Å²) in [6.07, 6.45) is 5.31. The fourth-order valence-electron chi connectivity index (χ4n) is 3.88. The SMILES string of the molecule is Cc1noc(C)c1-c1cnc(C[C@H]2CCN(C(=O)Cc3ccccc3F)C2)cn1. The lowest BCUT2D eigenvalue weighted by molar-refractivity contribution is -0.129. The number of carbonyl (C=O) groups is 1. The van der Waals surface area contributed by atoms with E-state index in [1.165, 1.54) is 6.07 Å². The summed E-state index contributed by atoms with van der Waals surface area (Å²) in [5.41, 5.74) is 3.77. The summed E-state index contributed by atoms with van der Waals surface area (Å²) in [5.74, 6) is 0.700. The minimum absolute atomic E-state index is 0.0301. The number of aryl methyl sites for hydroxylation is 2. The van der Waals surface area contributed by atoms with Gasteiger partial charge in [-0.2, -0.15) is 0 Å². The number of hydrogen-bond donors (Lipinski definition) is 0. The third-order valence-electron chi connectivity index (χ3n) is 5.43. The molecule has 3 aromatic rings. The van der Waals surface area contributed by atoms with Crippen LogP contribution in [0.25, 0.3) is 11.3 Å². The molecule has 29 heavy (non-hydrogen) atoms. The molecule has 1 atom stereocenters. The molecule has 4 rings (SSSR count). The van der Waals surface area contributed by atoms with Gasteiger partial charge in [0, 0.05) is 19.3 Å². The number of likely N-dealkylation sites (tertiary alicyclic amines) is 1. The number of carbonyl (C=O) groups excluding carboxylic acids is 1. The van der Waals surface area contributed by atoms with Crippen LogP contribution in [-0.2, 0) is 17.6 Å². The van der Waals surface area contributed by atoms with Crippen molar-refractivity contribution in [2.45, 2.75) is 33.1 Å². The molecule has 0 radical (unpaired) electrons. The van der Waals surface area contributed by atoms with Gasteiger partial charge in [-0.1, -0.05) is 23.4 Å². The minimum Gasteiger partial charge on any atom is -0.361 e. The molecule has 1 fully saturated rings. The zero-order valence-electron chi connectivity index (χ0n) is 16.6. The first kappa shape index (κ1) is 19.2. The molecule has 2 aromatic heterocycles. The van der Waals surface area contributed by atoms with Crippen LogP contribution in [0.1, 0.15) is 29.1 Å². The first-order valence-electron chi connectivity index (χ1n) is 9.76. The molecule has 6 nitrogen and oxygen atoms in total. The van der Waals surface area contributed by atoms with Gasteiger partial charge in [0.15, 0.2) is 0 Å². The van der Waals surface area contributed by atoms with E-state index >= 15 is 0 Å². The number of benzene rings is 1. The van der Waals surface area contributed by atoms with Crippen molar-refractivity contribution in [3.63, 3.8) is 0 Å². The maximum absolute atomic E-state index is 13.8. The fourth-order valence-corrected chi connectivity index (χ4v) is 3.88. The molecular weight excluding hydrogens is 371 g/mol. The first-order valence-corrected chi connectivity index (χ1v) is 9.76. The van der Waals surface area contributed by atoms with Crippen molar-refractivity contribution in [3.05, 3.63) is 65.2 Å². The van der Waals surface area contributed by atoms with Crippen LogP contribution in [0.3, 0.4) is 0 Å². The van der Waals surface area contributed by atoms with Gasteiger partial charge < -0.3 is 9.42 Å². The van der Waals surface area contributed by atoms with Crippen LogP contribution in [0.15, 0.2) is 41.2 Å². The van der Waals surface area contributed by atoms with E-state index in [1.54, 1.807) is 30.6 Å². The van der Waals surface area contributed by atoms with Crippen molar-refractivity contribution >= 4 is 5.91 Å². The number of amides is 1. The van der Waals surface area contributed by atoms with Crippen molar-refractivity contribution in [3.8, 4) is 11.3 Å². The Morgan fingerprint density at radius 2 is 2.07 bits per heavy atom. The lowest BCUT2D eigenvalue weighted by atomic mass is 10.0. The Hall–Kier alpha value is -3.09. The molecule has 0 spiro atoms. The van der Waals surface area contributed by atoms with Crippen molar-refractivity contribution in [2.24, 2.45) is 5.92 Å². The second-order valence-corrected chi connectivity index (χ2v) is 7.56. The van der Waals surface area contributed by atoms with Crippen LogP contribution < -0.4 is 0 Å². The van der Waals surface area contributed by atoms with E-state index in [0.717, 1.165) is 41.2 Å². The molecule has 0 saturated carbocycles. The van der Waals surface area contributed by atoms with E-state index in [4.69, 9.17) is 4.52 Å². The van der Waals surface area contributed by atoms with Gasteiger partial charge in [-0.3, -0.25) is 14.8 Å². The third-order valence-corrected chi connectivity index (χ3v) is 5.43. The van der Waals surface area contributed by atoms with Gasteiger partial charge in [-0.15, -0.1) is 0 Å². The highest BCUT2D eigenvalue weighted by Gasteiger charge is 2.27. The molecule has 1 aliphatic heterocycles. The number of halogens is 1. The molecule has 1 saturated heterocycles. The van der Waals surface area contributed by atoms with Crippen molar-refractivity contribution < 1.29 is 13.7 Å². The summed E-state index contributed by atoms with van der Waals surface area (Å²) in [6, 6.07) is 6.44.